The zero-order valence-electron chi connectivity index (χ0n) is 26.1. The first-order valence-electron chi connectivity index (χ1n) is 14.6. The van der Waals surface area contributed by atoms with E-state index in [9.17, 15) is 0 Å². The minimum Gasteiger partial charge on any atom is -0.404 e. The molecule has 3 N–H and O–H groups in total. The van der Waals surface area contributed by atoms with Crippen LogP contribution in [0.5, 0.6) is 0 Å². The molecule has 3 rings (SSSR count). The number of thiol groups is 1. The molecule has 1 aromatic carbocycles. The summed E-state index contributed by atoms with van der Waals surface area (Å²) in [7, 11) is 0. The van der Waals surface area contributed by atoms with Gasteiger partial charge in [0.25, 0.3) is 0 Å². The van der Waals surface area contributed by atoms with Crippen LogP contribution in [0.2, 0.25) is 0 Å². The third kappa shape index (κ3) is 20.0. The fraction of sp³-hybridized carbons (Fsp3) is 0.559. The number of nitrogens with two attached hydrogens (primary N) is 1. The summed E-state index contributed by atoms with van der Waals surface area (Å²) < 4.78 is 0. The highest BCUT2D eigenvalue weighted by Gasteiger charge is 2.21. The van der Waals surface area contributed by atoms with Gasteiger partial charge in [0.2, 0.25) is 0 Å². The number of aliphatic imine (C=N–C) groups is 1. The van der Waals surface area contributed by atoms with Crippen molar-refractivity contribution in [1.29, 1.82) is 0 Å². The Bertz CT molecular complexity index is 825. The number of benzene rings is 1. The van der Waals surface area contributed by atoms with Crippen molar-refractivity contribution < 1.29 is 0 Å². The largest absolute Gasteiger partial charge is 0.404 e. The number of hydrogen-bond acceptors (Lipinski definition) is 4. The molecule has 0 spiro atoms. The predicted octanol–water partition coefficient (Wildman–Crippen LogP) is 9.49. The molecule has 1 fully saturated rings. The average molecular weight is 542 g/mol. The summed E-state index contributed by atoms with van der Waals surface area (Å²) in [4.78, 5) is 4.67. The summed E-state index contributed by atoms with van der Waals surface area (Å²) >= 11 is 4.11. The van der Waals surface area contributed by atoms with Crippen molar-refractivity contribution in [3.8, 4) is 0 Å². The van der Waals surface area contributed by atoms with Crippen molar-refractivity contribution in [2.24, 2.45) is 16.6 Å². The van der Waals surface area contributed by atoms with Crippen LogP contribution in [0.1, 0.15) is 100.0 Å². The Labute approximate surface area is 242 Å². The maximum absolute atomic E-state index is 5.55. The van der Waals surface area contributed by atoms with Crippen molar-refractivity contribution in [3.05, 3.63) is 83.1 Å². The fourth-order valence-electron chi connectivity index (χ4n) is 3.49. The Morgan fingerprint density at radius 1 is 1.08 bits per heavy atom. The third-order valence-corrected chi connectivity index (χ3v) is 6.49. The number of unbranched alkanes of at least 4 members (excludes halogenated alkanes) is 1. The molecule has 0 bridgehead atoms. The van der Waals surface area contributed by atoms with Gasteiger partial charge in [0, 0.05) is 5.75 Å². The lowest BCUT2D eigenvalue weighted by Gasteiger charge is -2.23. The molecule has 3 nitrogen and oxygen atoms in total. The van der Waals surface area contributed by atoms with E-state index in [0.29, 0.717) is 6.04 Å². The molecular weight excluding hydrogens is 482 g/mol. The molecule has 0 amide bonds. The van der Waals surface area contributed by atoms with E-state index in [0.717, 1.165) is 23.0 Å². The van der Waals surface area contributed by atoms with E-state index in [2.05, 4.69) is 94.0 Å². The van der Waals surface area contributed by atoms with Crippen LogP contribution in [0.25, 0.3) is 0 Å². The van der Waals surface area contributed by atoms with Crippen LogP contribution in [0, 0.1) is 5.92 Å². The van der Waals surface area contributed by atoms with Crippen LogP contribution in [-0.4, -0.2) is 24.8 Å². The standard InChI is InChI=1S/C14H23N3.C7H8S.C6H12.C5H10.C2H6/c1-10(9-15)14-8-13(11(2)17-14)7-12-3-5-16-6-4-12;8-6-7-4-2-1-3-5-7;1-3-5-6-4-2;1-4-5(2)3;1-2/h8-9,11-12,16H,3-7,15H2,1-2H3;1-5,8H,6H2;3,5H,4,6H2,1-2H3;4H,1-3H3;1-2H3/b10-9-;;5-3+;;. The minimum atomic E-state index is 0.342. The number of allylic oxidation sites excluding steroid dienone is 6. The molecule has 1 aromatic rings. The topological polar surface area (TPSA) is 50.4 Å². The summed E-state index contributed by atoms with van der Waals surface area (Å²) in [5.41, 5.74) is 11.8. The van der Waals surface area contributed by atoms with Gasteiger partial charge in [-0.15, -0.1) is 0 Å². The average Bonchev–Trinajstić information content (AvgIpc) is 3.34. The molecule has 4 heteroatoms. The van der Waals surface area contributed by atoms with Crippen LogP contribution in [0.3, 0.4) is 0 Å². The van der Waals surface area contributed by atoms with Gasteiger partial charge in [0.05, 0.1) is 11.8 Å². The highest BCUT2D eigenvalue weighted by atomic mass is 32.1. The van der Waals surface area contributed by atoms with Crippen molar-refractivity contribution in [2.75, 3.05) is 13.1 Å². The maximum atomic E-state index is 5.55. The highest BCUT2D eigenvalue weighted by Crippen LogP contribution is 2.27. The van der Waals surface area contributed by atoms with E-state index in [1.54, 1.807) is 6.20 Å². The SMILES string of the molecule is C/C(=C/N)C1=NC(C)C(CC2CCNCC2)=C1.C/C=C/CCC.CC.CC=C(C)C.SCc1ccccc1. The van der Waals surface area contributed by atoms with Gasteiger partial charge in [-0.05, 0) is 115 Å². The summed E-state index contributed by atoms with van der Waals surface area (Å²) in [5, 5.41) is 3.41. The van der Waals surface area contributed by atoms with Crippen molar-refractivity contribution in [3.63, 3.8) is 0 Å². The van der Waals surface area contributed by atoms with Gasteiger partial charge < -0.3 is 11.1 Å². The first kappa shape index (κ1) is 38.1. The normalized spacial score (nSPS) is 16.7. The molecule has 0 radical (unpaired) electrons. The van der Waals surface area contributed by atoms with E-state index >= 15 is 0 Å². The van der Waals surface area contributed by atoms with E-state index in [-0.39, 0.29) is 0 Å². The molecule has 38 heavy (non-hydrogen) atoms. The molecule has 2 heterocycles. The molecule has 0 aliphatic carbocycles. The first-order chi connectivity index (χ1) is 18.3. The van der Waals surface area contributed by atoms with E-state index in [1.807, 2.05) is 45.9 Å². The number of rotatable bonds is 6. The Morgan fingerprint density at radius 2 is 1.66 bits per heavy atom. The summed E-state index contributed by atoms with van der Waals surface area (Å²) in [5.74, 6) is 1.67. The predicted molar refractivity (Wildman–Crippen MR) is 178 cm³/mol. The highest BCUT2D eigenvalue weighted by molar-refractivity contribution is 7.79. The van der Waals surface area contributed by atoms with E-state index < -0.39 is 0 Å². The first-order valence-corrected chi connectivity index (χ1v) is 15.2. The summed E-state index contributed by atoms with van der Waals surface area (Å²) in [6.45, 7) is 21.0. The lowest BCUT2D eigenvalue weighted by molar-refractivity contribution is 0.368. The molecular formula is C34H59N3S. The maximum Gasteiger partial charge on any atom is 0.0692 e. The van der Waals surface area contributed by atoms with E-state index in [1.165, 1.54) is 61.9 Å². The molecule has 1 atom stereocenters. The van der Waals surface area contributed by atoms with Crippen LogP contribution in [0.15, 0.2) is 82.5 Å². The second-order valence-corrected chi connectivity index (χ2v) is 9.84. The van der Waals surface area contributed by atoms with Gasteiger partial charge in [0.1, 0.15) is 0 Å². The number of nitrogens with zero attached hydrogens (tertiary/aromatic N) is 1. The molecule has 2 aliphatic heterocycles. The molecule has 0 aromatic heterocycles. The Kier molecular flexibility index (Phi) is 26.6. The molecule has 2 aliphatic rings. The molecule has 1 unspecified atom stereocenters. The van der Waals surface area contributed by atoms with Crippen molar-refractivity contribution in [1.82, 2.24) is 5.32 Å². The molecule has 216 valence electrons. The monoisotopic (exact) mass is 541 g/mol. The fourth-order valence-corrected chi connectivity index (χ4v) is 3.70. The smallest absolute Gasteiger partial charge is 0.0692 e. The second-order valence-electron chi connectivity index (χ2n) is 9.52. The zero-order chi connectivity index (χ0) is 29.2. The zero-order valence-corrected chi connectivity index (χ0v) is 27.0. The Hall–Kier alpha value is -2.04. The van der Waals surface area contributed by atoms with Crippen LogP contribution < -0.4 is 11.1 Å². The van der Waals surface area contributed by atoms with Gasteiger partial charge in [-0.25, -0.2) is 0 Å². The van der Waals surface area contributed by atoms with E-state index in [4.69, 9.17) is 5.73 Å². The van der Waals surface area contributed by atoms with Crippen LogP contribution in [0.4, 0.5) is 0 Å². The molecule has 0 saturated carbocycles. The van der Waals surface area contributed by atoms with Gasteiger partial charge in [-0.1, -0.05) is 81.3 Å². The number of piperidine rings is 1. The minimum absolute atomic E-state index is 0.342. The van der Waals surface area contributed by atoms with Crippen molar-refractivity contribution in [2.45, 2.75) is 106 Å². The lowest BCUT2D eigenvalue weighted by Crippen LogP contribution is -2.28. The van der Waals surface area contributed by atoms with Gasteiger partial charge in [0.15, 0.2) is 0 Å². The Balaban J connectivity index is 0. The molecule has 1 saturated heterocycles. The van der Waals surface area contributed by atoms with Gasteiger partial charge in [-0.2, -0.15) is 12.6 Å². The van der Waals surface area contributed by atoms with Gasteiger partial charge in [-0.3, -0.25) is 4.99 Å². The quantitative estimate of drug-likeness (QED) is 0.248. The van der Waals surface area contributed by atoms with Gasteiger partial charge >= 0.3 is 0 Å². The second kappa shape index (κ2) is 26.6. The number of nitrogens with one attached hydrogen (secondary N) is 1. The van der Waals surface area contributed by atoms with Crippen LogP contribution in [-0.2, 0) is 5.75 Å². The number of hydrogen-bond donors (Lipinski definition) is 3. The van der Waals surface area contributed by atoms with Crippen LogP contribution >= 0.6 is 12.6 Å². The lowest BCUT2D eigenvalue weighted by atomic mass is 9.89. The van der Waals surface area contributed by atoms with Crippen molar-refractivity contribution >= 4 is 18.3 Å². The summed E-state index contributed by atoms with van der Waals surface area (Å²) in [6, 6.07) is 10.5. The third-order valence-electron chi connectivity index (χ3n) is 6.12. The summed E-state index contributed by atoms with van der Waals surface area (Å²) in [6.07, 6.45) is 16.5. The Morgan fingerprint density at radius 3 is 2.05 bits per heavy atom.